The largest absolute Gasteiger partial charge is 0.462 e. The fourth-order valence-corrected chi connectivity index (χ4v) is 7.93. The van der Waals surface area contributed by atoms with Crippen LogP contribution in [0.2, 0.25) is 0 Å². The highest BCUT2D eigenvalue weighted by molar-refractivity contribution is 5.71. The van der Waals surface area contributed by atoms with E-state index in [1.807, 2.05) is 0 Å². The van der Waals surface area contributed by atoms with Crippen molar-refractivity contribution >= 4 is 17.9 Å². The Hall–Kier alpha value is -3.15. The smallest absolute Gasteiger partial charge is 0.306 e. The Morgan fingerprint density at radius 1 is 0.313 bits per heavy atom. The zero-order valence-electron chi connectivity index (χ0n) is 44.2. The number of hydrogen-bond acceptors (Lipinski definition) is 6. The van der Waals surface area contributed by atoms with Gasteiger partial charge in [-0.25, -0.2) is 0 Å². The number of carbonyl (C=O) groups excluding carboxylic acids is 3. The van der Waals surface area contributed by atoms with Crippen molar-refractivity contribution in [1.29, 1.82) is 0 Å². The Balaban J connectivity index is 4.43. The van der Waals surface area contributed by atoms with E-state index in [4.69, 9.17) is 14.2 Å². The van der Waals surface area contributed by atoms with E-state index in [-0.39, 0.29) is 31.1 Å². The van der Waals surface area contributed by atoms with Crippen LogP contribution in [0.4, 0.5) is 0 Å². The van der Waals surface area contributed by atoms with E-state index in [2.05, 4.69) is 93.7 Å². The molecule has 0 unspecified atom stereocenters. The summed E-state index contributed by atoms with van der Waals surface area (Å²) in [6.07, 6.45) is 70.3. The summed E-state index contributed by atoms with van der Waals surface area (Å²) in [6.45, 7) is 6.50. The summed E-state index contributed by atoms with van der Waals surface area (Å²) >= 11 is 0. The number of hydrogen-bond donors (Lipinski definition) is 0. The molecule has 0 aromatic carbocycles. The van der Waals surface area contributed by atoms with Gasteiger partial charge in [-0.15, -0.1) is 0 Å². The number of carbonyl (C=O) groups is 3. The van der Waals surface area contributed by atoms with Crippen LogP contribution in [-0.2, 0) is 28.6 Å². The first kappa shape index (κ1) is 63.8. The summed E-state index contributed by atoms with van der Waals surface area (Å²) in [5.74, 6) is -0.920. The molecule has 0 aliphatic rings. The number of unbranched alkanes of at least 4 members (excludes halogenated alkanes) is 28. The fraction of sp³-hybridized carbons (Fsp3) is 0.754. The van der Waals surface area contributed by atoms with Gasteiger partial charge in [-0.1, -0.05) is 241 Å². The SMILES string of the molecule is CC/C=C/C/C=C/C/C=C/C/C=C/C/C=C/CCCCCC(=O)OC[C@@H](COC(=O)CCCCCCC/C=C/CCCCCCC)OC(=O)CCCCCCCCCCCCCCCCCC. The van der Waals surface area contributed by atoms with Crippen molar-refractivity contribution in [3.63, 3.8) is 0 Å². The van der Waals surface area contributed by atoms with Gasteiger partial charge >= 0.3 is 17.9 Å². The molecule has 0 aromatic heterocycles. The molecule has 1 atom stereocenters. The molecule has 0 saturated heterocycles. The van der Waals surface area contributed by atoms with Crippen molar-refractivity contribution in [2.45, 2.75) is 284 Å². The molecular formula is C61H106O6. The first-order valence-electron chi connectivity index (χ1n) is 28.4. The van der Waals surface area contributed by atoms with Crippen molar-refractivity contribution in [2.75, 3.05) is 13.2 Å². The Bertz CT molecular complexity index is 1260. The van der Waals surface area contributed by atoms with Gasteiger partial charge in [0.1, 0.15) is 13.2 Å². The van der Waals surface area contributed by atoms with Crippen molar-refractivity contribution in [3.8, 4) is 0 Å². The average Bonchev–Trinajstić information content (AvgIpc) is 3.33. The molecular weight excluding hydrogens is 829 g/mol. The van der Waals surface area contributed by atoms with Crippen LogP contribution in [0.25, 0.3) is 0 Å². The second-order valence-electron chi connectivity index (χ2n) is 18.8. The van der Waals surface area contributed by atoms with Crippen LogP contribution in [0.1, 0.15) is 278 Å². The van der Waals surface area contributed by atoms with Gasteiger partial charge in [-0.2, -0.15) is 0 Å². The third-order valence-corrected chi connectivity index (χ3v) is 12.2. The van der Waals surface area contributed by atoms with E-state index in [0.29, 0.717) is 19.3 Å². The lowest BCUT2D eigenvalue weighted by molar-refractivity contribution is -0.167. The van der Waals surface area contributed by atoms with E-state index in [9.17, 15) is 14.4 Å². The average molecular weight is 936 g/mol. The molecule has 0 aliphatic heterocycles. The third-order valence-electron chi connectivity index (χ3n) is 12.2. The zero-order chi connectivity index (χ0) is 48.6. The minimum Gasteiger partial charge on any atom is -0.462 e. The Labute approximate surface area is 414 Å². The fourth-order valence-electron chi connectivity index (χ4n) is 7.93. The van der Waals surface area contributed by atoms with Gasteiger partial charge in [-0.05, 0) is 89.9 Å². The van der Waals surface area contributed by atoms with E-state index in [0.717, 1.165) is 103 Å². The third kappa shape index (κ3) is 53.7. The van der Waals surface area contributed by atoms with Crippen LogP contribution in [0.3, 0.4) is 0 Å². The standard InChI is InChI=1S/C61H106O6/c1-4-7-10-13-16-19-22-25-28-30-31-32-34-36-39-42-45-48-51-54-60(63)66-57-58(56-65-59(62)53-50-47-44-41-38-35-27-24-21-18-15-12-9-6-3)67-61(64)55-52-49-46-43-40-37-33-29-26-23-20-17-14-11-8-5-2/h7,10,16,19,24-25,27-28,31-32,36,39,58H,4-6,8-9,11-15,17-18,20-23,26,29-30,33-35,37-38,40-57H2,1-3H3/b10-7+,19-16+,27-24+,28-25+,32-31+,39-36+/t58-/m1/s1. The number of allylic oxidation sites excluding steroid dienone is 12. The molecule has 0 saturated carbocycles. The summed E-state index contributed by atoms with van der Waals surface area (Å²) in [5.41, 5.74) is 0. The van der Waals surface area contributed by atoms with Crippen LogP contribution in [0.15, 0.2) is 72.9 Å². The number of rotatable bonds is 51. The first-order valence-corrected chi connectivity index (χ1v) is 28.4. The maximum atomic E-state index is 12.8. The quantitative estimate of drug-likeness (QED) is 0.0262. The topological polar surface area (TPSA) is 78.9 Å². The normalized spacial score (nSPS) is 12.6. The molecule has 6 heteroatoms. The number of esters is 3. The van der Waals surface area contributed by atoms with Gasteiger partial charge in [0.2, 0.25) is 0 Å². The molecule has 0 spiro atoms. The Kier molecular flexibility index (Phi) is 52.8. The number of ether oxygens (including phenoxy) is 3. The molecule has 0 fully saturated rings. The molecule has 0 aromatic rings. The van der Waals surface area contributed by atoms with E-state index < -0.39 is 6.10 Å². The first-order chi connectivity index (χ1) is 33.0. The van der Waals surface area contributed by atoms with Gasteiger partial charge in [-0.3, -0.25) is 14.4 Å². The minimum atomic E-state index is -0.791. The molecule has 0 radical (unpaired) electrons. The van der Waals surface area contributed by atoms with Crippen molar-refractivity contribution in [3.05, 3.63) is 72.9 Å². The summed E-state index contributed by atoms with van der Waals surface area (Å²) in [5, 5.41) is 0. The zero-order valence-corrected chi connectivity index (χ0v) is 44.2. The van der Waals surface area contributed by atoms with Gasteiger partial charge < -0.3 is 14.2 Å². The van der Waals surface area contributed by atoms with Gasteiger partial charge in [0.15, 0.2) is 6.10 Å². The van der Waals surface area contributed by atoms with Crippen molar-refractivity contribution in [2.24, 2.45) is 0 Å². The second kappa shape index (κ2) is 55.4. The van der Waals surface area contributed by atoms with Crippen LogP contribution in [-0.4, -0.2) is 37.2 Å². The highest BCUT2D eigenvalue weighted by Gasteiger charge is 2.19. The van der Waals surface area contributed by atoms with Gasteiger partial charge in [0, 0.05) is 19.3 Å². The summed E-state index contributed by atoms with van der Waals surface area (Å²) < 4.78 is 16.8. The van der Waals surface area contributed by atoms with Crippen LogP contribution in [0, 0.1) is 0 Å². The van der Waals surface area contributed by atoms with Crippen LogP contribution in [0.5, 0.6) is 0 Å². The van der Waals surface area contributed by atoms with Crippen molar-refractivity contribution in [1.82, 2.24) is 0 Å². The molecule has 0 aliphatic carbocycles. The molecule has 67 heavy (non-hydrogen) atoms. The van der Waals surface area contributed by atoms with E-state index in [1.165, 1.54) is 135 Å². The minimum absolute atomic E-state index is 0.0883. The molecule has 0 N–H and O–H groups in total. The highest BCUT2D eigenvalue weighted by Crippen LogP contribution is 2.16. The molecule has 0 rings (SSSR count). The lowest BCUT2D eigenvalue weighted by Crippen LogP contribution is -2.30. The highest BCUT2D eigenvalue weighted by atomic mass is 16.6. The maximum Gasteiger partial charge on any atom is 0.306 e. The predicted molar refractivity (Wildman–Crippen MR) is 288 cm³/mol. The molecule has 0 amide bonds. The monoisotopic (exact) mass is 935 g/mol. The summed E-state index contributed by atoms with van der Waals surface area (Å²) in [7, 11) is 0. The van der Waals surface area contributed by atoms with Crippen LogP contribution < -0.4 is 0 Å². The lowest BCUT2D eigenvalue weighted by Gasteiger charge is -2.18. The Morgan fingerprint density at radius 3 is 0.940 bits per heavy atom. The molecule has 386 valence electrons. The lowest BCUT2D eigenvalue weighted by atomic mass is 10.0. The predicted octanol–water partition coefficient (Wildman–Crippen LogP) is 19.0. The molecule has 0 heterocycles. The van der Waals surface area contributed by atoms with Crippen LogP contribution >= 0.6 is 0 Å². The van der Waals surface area contributed by atoms with E-state index >= 15 is 0 Å². The summed E-state index contributed by atoms with van der Waals surface area (Å²) in [4.78, 5) is 38.1. The Morgan fingerprint density at radius 2 is 0.582 bits per heavy atom. The van der Waals surface area contributed by atoms with Gasteiger partial charge in [0.25, 0.3) is 0 Å². The molecule has 0 bridgehead atoms. The molecule has 6 nitrogen and oxygen atoms in total. The second-order valence-corrected chi connectivity index (χ2v) is 18.8. The summed E-state index contributed by atoms with van der Waals surface area (Å²) in [6, 6.07) is 0. The maximum absolute atomic E-state index is 12.8. The van der Waals surface area contributed by atoms with E-state index in [1.54, 1.807) is 0 Å². The van der Waals surface area contributed by atoms with Gasteiger partial charge in [0.05, 0.1) is 0 Å². The van der Waals surface area contributed by atoms with Crippen molar-refractivity contribution < 1.29 is 28.6 Å².